The normalized spacial score (nSPS) is 11.1. The largest absolute Gasteiger partial charge is 0.191 e. The maximum absolute atomic E-state index is 4.47. The van der Waals surface area contributed by atoms with E-state index in [4.69, 9.17) is 0 Å². The van der Waals surface area contributed by atoms with Gasteiger partial charge in [0.15, 0.2) is 0 Å². The Kier molecular flexibility index (Phi) is 3.75. The van der Waals surface area contributed by atoms with Crippen LogP contribution in [0.25, 0.3) is 0 Å². The zero-order valence-electron chi connectivity index (χ0n) is 8.38. The maximum Gasteiger partial charge on any atom is 0.0256 e. The van der Waals surface area contributed by atoms with E-state index in [1.165, 1.54) is 9.79 Å². The molecule has 0 aromatic heterocycles. The first-order valence-electron chi connectivity index (χ1n) is 4.90. The Labute approximate surface area is 99.1 Å². The molecule has 0 saturated heterocycles. The van der Waals surface area contributed by atoms with Crippen LogP contribution in [-0.4, -0.2) is 5.08 Å². The molecular formula is C13H14S2. The number of rotatable bonds is 3. The first-order chi connectivity index (χ1) is 7.42. The van der Waals surface area contributed by atoms with Gasteiger partial charge in [-0.3, -0.25) is 0 Å². The van der Waals surface area contributed by atoms with E-state index in [2.05, 4.69) is 73.3 Å². The number of hydrogen-bond acceptors (Lipinski definition) is 1. The van der Waals surface area contributed by atoms with Gasteiger partial charge in [-0.15, -0.1) is 0 Å². The van der Waals surface area contributed by atoms with Crippen molar-refractivity contribution in [2.45, 2.75) is 9.79 Å². The summed E-state index contributed by atoms with van der Waals surface area (Å²) in [5.74, 6) is 0. The van der Waals surface area contributed by atoms with Crippen molar-refractivity contribution in [1.82, 2.24) is 0 Å². The summed E-state index contributed by atoms with van der Waals surface area (Å²) >= 11 is 4.47. The number of benzene rings is 2. The monoisotopic (exact) mass is 234 g/mol. The van der Waals surface area contributed by atoms with Crippen LogP contribution >= 0.6 is 23.5 Å². The molecule has 0 bridgehead atoms. The van der Waals surface area contributed by atoms with Gasteiger partial charge >= 0.3 is 0 Å². The minimum Gasteiger partial charge on any atom is -0.191 e. The molecule has 0 spiro atoms. The van der Waals surface area contributed by atoms with E-state index in [0.29, 0.717) is 0 Å². The van der Waals surface area contributed by atoms with Gasteiger partial charge in [0.1, 0.15) is 0 Å². The summed E-state index contributed by atoms with van der Waals surface area (Å²) < 4.78 is 0. The quantitative estimate of drug-likeness (QED) is 0.737. The molecule has 0 radical (unpaired) electrons. The molecule has 0 fully saturated rings. The third-order valence-corrected chi connectivity index (χ3v) is 5.25. The topological polar surface area (TPSA) is 0 Å². The molecular weight excluding hydrogens is 220 g/mol. The summed E-state index contributed by atoms with van der Waals surface area (Å²) in [6, 6.07) is 21.2. The molecule has 0 N–H and O–H groups in total. The maximum atomic E-state index is 4.47. The van der Waals surface area contributed by atoms with E-state index in [-0.39, 0.29) is 10.9 Å². The highest BCUT2D eigenvalue weighted by Gasteiger charge is 2.06. The molecule has 0 aliphatic carbocycles. The fraction of sp³-hybridized carbons (Fsp3) is 0.0769. The molecule has 2 heteroatoms. The van der Waals surface area contributed by atoms with Crippen molar-refractivity contribution < 1.29 is 0 Å². The highest BCUT2D eigenvalue weighted by molar-refractivity contribution is 8.23. The van der Waals surface area contributed by atoms with Crippen molar-refractivity contribution in [2.24, 2.45) is 0 Å². The molecule has 0 unspecified atom stereocenters. The second kappa shape index (κ2) is 5.29. The lowest BCUT2D eigenvalue weighted by molar-refractivity contribution is 1.38. The molecule has 0 atom stereocenters. The van der Waals surface area contributed by atoms with Crippen molar-refractivity contribution >= 4 is 23.5 Å². The van der Waals surface area contributed by atoms with Crippen LogP contribution in [0.2, 0.25) is 0 Å². The van der Waals surface area contributed by atoms with Gasteiger partial charge in [-0.25, -0.2) is 0 Å². The molecule has 0 aliphatic heterocycles. The first-order valence-corrected chi connectivity index (χ1v) is 7.06. The van der Waals surface area contributed by atoms with E-state index < -0.39 is 0 Å². The third-order valence-electron chi connectivity index (χ3n) is 2.28. The highest BCUT2D eigenvalue weighted by Crippen LogP contribution is 2.44. The van der Waals surface area contributed by atoms with Gasteiger partial charge in [0.05, 0.1) is 0 Å². The van der Waals surface area contributed by atoms with Crippen molar-refractivity contribution in [1.29, 1.82) is 0 Å². The van der Waals surface area contributed by atoms with Crippen LogP contribution in [0.5, 0.6) is 0 Å². The molecule has 15 heavy (non-hydrogen) atoms. The summed E-state index contributed by atoms with van der Waals surface area (Å²) in [5.41, 5.74) is 0. The van der Waals surface area contributed by atoms with Gasteiger partial charge in [0, 0.05) is 5.08 Å². The molecule has 0 amide bonds. The smallest absolute Gasteiger partial charge is 0.0256 e. The van der Waals surface area contributed by atoms with Crippen LogP contribution in [0.3, 0.4) is 0 Å². The predicted octanol–water partition coefficient (Wildman–Crippen LogP) is 3.99. The van der Waals surface area contributed by atoms with Crippen molar-refractivity contribution in [2.75, 3.05) is 5.08 Å². The zero-order valence-corrected chi connectivity index (χ0v) is 10.2. The Balaban J connectivity index is 2.34. The van der Waals surface area contributed by atoms with E-state index >= 15 is 0 Å². The minimum atomic E-state index is -0.284. The summed E-state index contributed by atoms with van der Waals surface area (Å²) in [7, 11) is -0.284. The van der Waals surface area contributed by atoms with Gasteiger partial charge in [0.25, 0.3) is 0 Å². The second-order valence-electron chi connectivity index (χ2n) is 3.24. The van der Waals surface area contributed by atoms with Crippen molar-refractivity contribution in [3.8, 4) is 0 Å². The van der Waals surface area contributed by atoms with Crippen molar-refractivity contribution in [3.63, 3.8) is 0 Å². The van der Waals surface area contributed by atoms with Crippen LogP contribution in [0.1, 0.15) is 0 Å². The molecule has 0 heterocycles. The van der Waals surface area contributed by atoms with E-state index in [1.807, 2.05) is 0 Å². The molecule has 0 nitrogen and oxygen atoms in total. The van der Waals surface area contributed by atoms with Gasteiger partial charge in [-0.05, 0) is 34.1 Å². The molecule has 2 aromatic carbocycles. The Morgan fingerprint density at radius 1 is 0.733 bits per heavy atom. The van der Waals surface area contributed by atoms with E-state index in [9.17, 15) is 0 Å². The second-order valence-corrected chi connectivity index (χ2v) is 6.26. The first kappa shape index (κ1) is 10.7. The van der Waals surface area contributed by atoms with E-state index in [1.54, 1.807) is 0 Å². The molecule has 2 rings (SSSR count). The van der Waals surface area contributed by atoms with Crippen LogP contribution < -0.4 is 0 Å². The average Bonchev–Trinajstić information content (AvgIpc) is 2.33. The fourth-order valence-electron chi connectivity index (χ4n) is 1.53. The van der Waals surface area contributed by atoms with Crippen molar-refractivity contribution in [3.05, 3.63) is 60.7 Å². The fourth-order valence-corrected chi connectivity index (χ4v) is 4.20. The summed E-state index contributed by atoms with van der Waals surface area (Å²) in [5, 5.41) is 0.906. The Morgan fingerprint density at radius 3 is 1.47 bits per heavy atom. The van der Waals surface area contributed by atoms with Crippen LogP contribution in [0, 0.1) is 0 Å². The summed E-state index contributed by atoms with van der Waals surface area (Å²) in [4.78, 5) is 2.79. The van der Waals surface area contributed by atoms with Crippen LogP contribution in [0.4, 0.5) is 0 Å². The average molecular weight is 234 g/mol. The number of thiol groups is 2. The Morgan fingerprint density at radius 2 is 1.13 bits per heavy atom. The molecule has 0 saturated carbocycles. The zero-order chi connectivity index (χ0) is 10.5. The van der Waals surface area contributed by atoms with Gasteiger partial charge in [-0.2, -0.15) is 23.5 Å². The van der Waals surface area contributed by atoms with Gasteiger partial charge in [0.2, 0.25) is 0 Å². The summed E-state index contributed by atoms with van der Waals surface area (Å²) in [6.45, 7) is 0. The van der Waals surface area contributed by atoms with Crippen LogP contribution in [0.15, 0.2) is 70.5 Å². The third kappa shape index (κ3) is 2.58. The summed E-state index contributed by atoms with van der Waals surface area (Å²) in [6.07, 6.45) is 0. The van der Waals surface area contributed by atoms with Gasteiger partial charge < -0.3 is 0 Å². The van der Waals surface area contributed by atoms with Gasteiger partial charge in [-0.1, -0.05) is 36.4 Å². The Hall–Kier alpha value is -0.860. The lowest BCUT2D eigenvalue weighted by atomic mass is 10.4. The molecule has 0 aliphatic rings. The molecule has 78 valence electrons. The van der Waals surface area contributed by atoms with E-state index in [0.717, 1.165) is 5.08 Å². The Bertz CT molecular complexity index is 358. The lowest BCUT2D eigenvalue weighted by Gasteiger charge is -2.19. The van der Waals surface area contributed by atoms with Crippen LogP contribution in [-0.2, 0) is 0 Å². The predicted molar refractivity (Wildman–Crippen MR) is 72.3 cm³/mol. The molecule has 2 aromatic rings. The lowest BCUT2D eigenvalue weighted by Crippen LogP contribution is -1.86. The highest BCUT2D eigenvalue weighted by atomic mass is 32.2. The standard InChI is InChI=1S/C13H14S2/c14-11-15(12-7-3-1-4-8-12)13-9-5-2-6-10-13/h1-10,14-15H,11H2. The SMILES string of the molecule is SC[SH](c1ccccc1)c1ccccc1. The minimum absolute atomic E-state index is 0.284. The number of hydrogen-bond donors (Lipinski definition) is 2.